The van der Waals surface area contributed by atoms with Gasteiger partial charge in [0.15, 0.2) is 0 Å². The molecule has 0 bridgehead atoms. The van der Waals surface area contributed by atoms with Crippen LogP contribution in [0.2, 0.25) is 0 Å². The van der Waals surface area contributed by atoms with Crippen molar-refractivity contribution in [3.63, 3.8) is 0 Å². The van der Waals surface area contributed by atoms with Gasteiger partial charge in [-0.25, -0.2) is 5.84 Å². The Labute approximate surface area is 73.7 Å². The second-order valence-corrected chi connectivity index (χ2v) is 4.45. The predicted molar refractivity (Wildman–Crippen MR) is 48.1 cm³/mol. The van der Waals surface area contributed by atoms with Crippen molar-refractivity contribution < 1.29 is 4.79 Å². The van der Waals surface area contributed by atoms with Crippen molar-refractivity contribution >= 4 is 5.91 Å². The highest BCUT2D eigenvalue weighted by Gasteiger charge is 2.29. The van der Waals surface area contributed by atoms with Crippen molar-refractivity contribution in [1.29, 1.82) is 0 Å². The van der Waals surface area contributed by atoms with Crippen LogP contribution in [0.25, 0.3) is 0 Å². The third kappa shape index (κ3) is 2.21. The van der Waals surface area contributed by atoms with E-state index < -0.39 is 0 Å². The molecule has 1 aliphatic rings. The van der Waals surface area contributed by atoms with Gasteiger partial charge in [-0.1, -0.05) is 13.8 Å². The van der Waals surface area contributed by atoms with Crippen LogP contribution in [-0.4, -0.2) is 5.91 Å². The number of hydrogen-bond acceptors (Lipinski definition) is 2. The minimum atomic E-state index is 0.00509. The zero-order valence-corrected chi connectivity index (χ0v) is 7.89. The Morgan fingerprint density at radius 2 is 1.92 bits per heavy atom. The standard InChI is InChI=1S/C9H18N2O/c1-9(2)5-3-7(4-6-9)8(12)11-10/h7H,3-6,10H2,1-2H3,(H,11,12). The van der Waals surface area contributed by atoms with Gasteiger partial charge in [-0.15, -0.1) is 0 Å². The summed E-state index contributed by atoms with van der Waals surface area (Å²) < 4.78 is 0. The summed E-state index contributed by atoms with van der Waals surface area (Å²) in [5, 5.41) is 0. The van der Waals surface area contributed by atoms with E-state index in [1.54, 1.807) is 0 Å². The number of nitrogens with two attached hydrogens (primary N) is 1. The number of carbonyl (C=O) groups excluding carboxylic acids is 1. The normalized spacial score (nSPS) is 23.6. The zero-order valence-electron chi connectivity index (χ0n) is 7.89. The van der Waals surface area contributed by atoms with Gasteiger partial charge in [-0.2, -0.15) is 0 Å². The third-order valence-electron chi connectivity index (χ3n) is 2.85. The first kappa shape index (κ1) is 9.52. The summed E-state index contributed by atoms with van der Waals surface area (Å²) in [6.07, 6.45) is 4.22. The summed E-state index contributed by atoms with van der Waals surface area (Å²) in [5.74, 6) is 5.23. The number of amides is 1. The van der Waals surface area contributed by atoms with Crippen LogP contribution in [0.1, 0.15) is 39.5 Å². The molecule has 12 heavy (non-hydrogen) atoms. The van der Waals surface area contributed by atoms with E-state index in [-0.39, 0.29) is 11.8 Å². The van der Waals surface area contributed by atoms with E-state index in [1.165, 1.54) is 0 Å². The van der Waals surface area contributed by atoms with Crippen molar-refractivity contribution in [2.24, 2.45) is 17.2 Å². The van der Waals surface area contributed by atoms with Crippen molar-refractivity contribution in [3.8, 4) is 0 Å². The average molecular weight is 170 g/mol. The fourth-order valence-corrected chi connectivity index (χ4v) is 1.78. The lowest BCUT2D eigenvalue weighted by atomic mass is 9.73. The molecule has 0 heterocycles. The smallest absolute Gasteiger partial charge is 0.236 e. The Bertz CT molecular complexity index is 167. The van der Waals surface area contributed by atoms with Crippen molar-refractivity contribution in [2.75, 3.05) is 0 Å². The monoisotopic (exact) mass is 170 g/mol. The Balaban J connectivity index is 2.41. The molecule has 70 valence electrons. The van der Waals surface area contributed by atoms with Gasteiger partial charge in [0.05, 0.1) is 0 Å². The fraction of sp³-hybridized carbons (Fsp3) is 0.889. The van der Waals surface area contributed by atoms with Gasteiger partial charge in [0.2, 0.25) is 5.91 Å². The SMILES string of the molecule is CC1(C)CCC(C(=O)NN)CC1. The molecule has 1 rings (SSSR count). The molecule has 3 nitrogen and oxygen atoms in total. The Morgan fingerprint density at radius 3 is 2.33 bits per heavy atom. The summed E-state index contributed by atoms with van der Waals surface area (Å²) in [4.78, 5) is 11.1. The second kappa shape index (κ2) is 3.44. The zero-order chi connectivity index (χ0) is 9.19. The van der Waals surface area contributed by atoms with Gasteiger partial charge >= 0.3 is 0 Å². The Kier molecular flexibility index (Phi) is 2.73. The van der Waals surface area contributed by atoms with Crippen LogP contribution in [0.4, 0.5) is 0 Å². The van der Waals surface area contributed by atoms with Crippen LogP contribution < -0.4 is 11.3 Å². The van der Waals surface area contributed by atoms with Crippen LogP contribution in [0, 0.1) is 11.3 Å². The first-order valence-electron chi connectivity index (χ1n) is 4.56. The van der Waals surface area contributed by atoms with Gasteiger partial charge in [0, 0.05) is 5.92 Å². The summed E-state index contributed by atoms with van der Waals surface area (Å²) in [5.41, 5.74) is 2.65. The van der Waals surface area contributed by atoms with Gasteiger partial charge in [0.25, 0.3) is 0 Å². The highest BCUT2D eigenvalue weighted by Crippen LogP contribution is 2.37. The third-order valence-corrected chi connectivity index (χ3v) is 2.85. The molecule has 0 atom stereocenters. The summed E-state index contributed by atoms with van der Waals surface area (Å²) in [6, 6.07) is 0. The van der Waals surface area contributed by atoms with Crippen LogP contribution in [0.15, 0.2) is 0 Å². The van der Waals surface area contributed by atoms with E-state index in [4.69, 9.17) is 5.84 Å². The topological polar surface area (TPSA) is 55.1 Å². The molecule has 0 spiro atoms. The molecular weight excluding hydrogens is 152 g/mol. The largest absolute Gasteiger partial charge is 0.294 e. The van der Waals surface area contributed by atoms with E-state index in [1.807, 2.05) is 0 Å². The molecule has 3 N–H and O–H groups in total. The Hall–Kier alpha value is -0.570. The highest BCUT2D eigenvalue weighted by molar-refractivity contribution is 5.77. The quantitative estimate of drug-likeness (QED) is 0.353. The van der Waals surface area contributed by atoms with E-state index in [9.17, 15) is 4.79 Å². The van der Waals surface area contributed by atoms with Crippen molar-refractivity contribution in [1.82, 2.24) is 5.43 Å². The van der Waals surface area contributed by atoms with Crippen LogP contribution in [-0.2, 0) is 4.79 Å². The molecule has 0 aromatic rings. The fourth-order valence-electron chi connectivity index (χ4n) is 1.78. The van der Waals surface area contributed by atoms with E-state index in [0.717, 1.165) is 25.7 Å². The lowest BCUT2D eigenvalue weighted by molar-refractivity contribution is -0.126. The first-order valence-corrected chi connectivity index (χ1v) is 4.56. The van der Waals surface area contributed by atoms with Gasteiger partial charge < -0.3 is 0 Å². The molecule has 3 heteroatoms. The lowest BCUT2D eigenvalue weighted by Crippen LogP contribution is -2.38. The second-order valence-electron chi connectivity index (χ2n) is 4.45. The van der Waals surface area contributed by atoms with E-state index in [0.29, 0.717) is 5.41 Å². The maximum atomic E-state index is 11.1. The minimum Gasteiger partial charge on any atom is -0.294 e. The molecule has 0 unspecified atom stereocenters. The molecular formula is C9H18N2O. The van der Waals surface area contributed by atoms with Gasteiger partial charge in [-0.05, 0) is 31.1 Å². The number of carbonyl (C=O) groups is 1. The molecule has 1 fully saturated rings. The Morgan fingerprint density at radius 1 is 1.42 bits per heavy atom. The molecule has 1 aliphatic carbocycles. The average Bonchev–Trinajstić information content (AvgIpc) is 2.03. The predicted octanol–water partition coefficient (Wildman–Crippen LogP) is 1.19. The van der Waals surface area contributed by atoms with Crippen LogP contribution >= 0.6 is 0 Å². The van der Waals surface area contributed by atoms with Crippen LogP contribution in [0.5, 0.6) is 0 Å². The maximum Gasteiger partial charge on any atom is 0.236 e. The summed E-state index contributed by atoms with van der Waals surface area (Å²) in [7, 11) is 0. The molecule has 0 saturated heterocycles. The molecule has 0 aliphatic heterocycles. The number of rotatable bonds is 1. The maximum absolute atomic E-state index is 11.1. The van der Waals surface area contributed by atoms with Gasteiger partial charge in [-0.3, -0.25) is 10.2 Å². The molecule has 0 radical (unpaired) electrons. The number of nitrogens with one attached hydrogen (secondary N) is 1. The molecule has 0 aromatic heterocycles. The van der Waals surface area contributed by atoms with Crippen molar-refractivity contribution in [3.05, 3.63) is 0 Å². The molecule has 1 saturated carbocycles. The summed E-state index contributed by atoms with van der Waals surface area (Å²) in [6.45, 7) is 4.51. The van der Waals surface area contributed by atoms with Crippen molar-refractivity contribution in [2.45, 2.75) is 39.5 Å². The van der Waals surface area contributed by atoms with Crippen LogP contribution in [0.3, 0.4) is 0 Å². The highest BCUT2D eigenvalue weighted by atomic mass is 16.2. The molecule has 1 amide bonds. The lowest BCUT2D eigenvalue weighted by Gasteiger charge is -2.33. The first-order chi connectivity index (χ1) is 5.55. The molecule has 0 aromatic carbocycles. The van der Waals surface area contributed by atoms with E-state index in [2.05, 4.69) is 19.3 Å². The van der Waals surface area contributed by atoms with E-state index >= 15 is 0 Å². The number of hydrazine groups is 1. The summed E-state index contributed by atoms with van der Waals surface area (Å²) >= 11 is 0. The van der Waals surface area contributed by atoms with Gasteiger partial charge in [0.1, 0.15) is 0 Å². The number of hydrogen-bond donors (Lipinski definition) is 2. The minimum absolute atomic E-state index is 0.00509.